The van der Waals surface area contributed by atoms with Crippen molar-refractivity contribution in [1.29, 1.82) is 0 Å². The lowest BCUT2D eigenvalue weighted by Gasteiger charge is -2.41. The molecule has 0 aromatic rings. The van der Waals surface area contributed by atoms with Gasteiger partial charge in [-0.15, -0.1) is 0 Å². The third kappa shape index (κ3) is 3.31. The lowest BCUT2D eigenvalue weighted by Crippen LogP contribution is -2.45. The molecule has 1 rings (SSSR count). The number of hydrogen-bond acceptors (Lipinski definition) is 3. The molecule has 0 aromatic carbocycles. The van der Waals surface area contributed by atoms with Gasteiger partial charge in [0.15, 0.2) is 0 Å². The molecule has 5 heteroatoms. The summed E-state index contributed by atoms with van der Waals surface area (Å²) in [6.07, 6.45) is 1.50. The largest absolute Gasteiger partial charge is 0.327 e. The lowest BCUT2D eigenvalue weighted by molar-refractivity contribution is 0.125. The van der Waals surface area contributed by atoms with E-state index < -0.39 is 14.9 Å². The molecule has 0 amide bonds. The second-order valence-electron chi connectivity index (χ2n) is 7.69. The van der Waals surface area contributed by atoms with Gasteiger partial charge in [0, 0.05) is 6.04 Å². The van der Waals surface area contributed by atoms with E-state index in [1.165, 1.54) is 0 Å². The molecule has 3 N–H and O–H groups in total. The highest BCUT2D eigenvalue weighted by Gasteiger charge is 2.49. The van der Waals surface area contributed by atoms with Gasteiger partial charge in [0.05, 0.1) is 4.75 Å². The smallest absolute Gasteiger partial charge is 0.270 e. The molecule has 1 aliphatic rings. The summed E-state index contributed by atoms with van der Waals surface area (Å²) < 4.78 is 31.2. The summed E-state index contributed by atoms with van der Waals surface area (Å²) in [6.45, 7) is 11.6. The van der Waals surface area contributed by atoms with Gasteiger partial charge in [-0.3, -0.25) is 4.55 Å². The minimum absolute atomic E-state index is 0.0993. The third-order valence-corrected chi connectivity index (χ3v) is 6.45. The van der Waals surface area contributed by atoms with Crippen LogP contribution in [0.3, 0.4) is 0 Å². The Morgan fingerprint density at radius 3 is 1.95 bits per heavy atom. The van der Waals surface area contributed by atoms with Gasteiger partial charge in [-0.25, -0.2) is 0 Å². The van der Waals surface area contributed by atoms with Crippen molar-refractivity contribution in [1.82, 2.24) is 0 Å². The Balaban J connectivity index is 2.99. The van der Waals surface area contributed by atoms with Gasteiger partial charge < -0.3 is 5.73 Å². The summed E-state index contributed by atoms with van der Waals surface area (Å²) >= 11 is 0. The first-order valence-electron chi connectivity index (χ1n) is 7.02. The highest BCUT2D eigenvalue weighted by molar-refractivity contribution is 7.87. The van der Waals surface area contributed by atoms with Crippen molar-refractivity contribution in [2.45, 2.75) is 65.2 Å². The summed E-state index contributed by atoms with van der Waals surface area (Å²) in [7, 11) is -4.05. The van der Waals surface area contributed by atoms with Crippen LogP contribution >= 0.6 is 0 Å². The van der Waals surface area contributed by atoms with Gasteiger partial charge in [-0.05, 0) is 49.9 Å². The Kier molecular flexibility index (Phi) is 4.46. The maximum Gasteiger partial charge on any atom is 0.270 e. The van der Waals surface area contributed by atoms with E-state index in [2.05, 4.69) is 27.7 Å². The van der Waals surface area contributed by atoms with Gasteiger partial charge in [-0.1, -0.05) is 27.7 Å². The van der Waals surface area contributed by atoms with Crippen LogP contribution in [0.4, 0.5) is 0 Å². The zero-order valence-electron chi connectivity index (χ0n) is 13.0. The quantitative estimate of drug-likeness (QED) is 0.780. The van der Waals surface area contributed by atoms with E-state index >= 15 is 0 Å². The van der Waals surface area contributed by atoms with Crippen molar-refractivity contribution in [3.8, 4) is 0 Å². The highest BCUT2D eigenvalue weighted by Crippen LogP contribution is 2.49. The van der Waals surface area contributed by atoms with Crippen LogP contribution in [-0.2, 0) is 10.1 Å². The van der Waals surface area contributed by atoms with Crippen LogP contribution in [0.25, 0.3) is 0 Å². The minimum atomic E-state index is -4.05. The molecule has 0 saturated heterocycles. The highest BCUT2D eigenvalue weighted by atomic mass is 32.2. The molecule has 0 heterocycles. The fourth-order valence-corrected chi connectivity index (χ4v) is 4.78. The van der Waals surface area contributed by atoms with Crippen molar-refractivity contribution < 1.29 is 13.0 Å². The topological polar surface area (TPSA) is 80.4 Å². The van der Waals surface area contributed by atoms with Crippen LogP contribution in [-0.4, -0.2) is 23.8 Å². The molecule has 0 bridgehead atoms. The summed E-state index contributed by atoms with van der Waals surface area (Å²) in [5, 5.41) is 0. The van der Waals surface area contributed by atoms with E-state index in [4.69, 9.17) is 5.73 Å². The maximum absolute atomic E-state index is 11.5. The Morgan fingerprint density at radius 2 is 1.63 bits per heavy atom. The zero-order valence-corrected chi connectivity index (χ0v) is 13.8. The predicted octanol–water partition coefficient (Wildman–Crippen LogP) is 2.69. The standard InChI is InChI=1S/C14H29NO3S/c1-9-7-10(2)12(15)11(9)13(3,4)8-14(5,6)19(16,17)18/h9-12H,7-8,15H2,1-6H3,(H,16,17,18). The van der Waals surface area contributed by atoms with Crippen LogP contribution in [0.2, 0.25) is 0 Å². The van der Waals surface area contributed by atoms with Gasteiger partial charge >= 0.3 is 0 Å². The fraction of sp³-hybridized carbons (Fsp3) is 1.00. The van der Waals surface area contributed by atoms with Crippen LogP contribution in [0.5, 0.6) is 0 Å². The molecule has 0 aliphatic heterocycles. The first-order valence-corrected chi connectivity index (χ1v) is 8.46. The summed E-state index contributed by atoms with van der Waals surface area (Å²) in [5.41, 5.74) is 6.10. The number of rotatable bonds is 4. The van der Waals surface area contributed by atoms with Crippen molar-refractivity contribution >= 4 is 10.1 Å². The average Bonchev–Trinajstić information content (AvgIpc) is 2.36. The third-order valence-electron chi connectivity index (χ3n) is 4.91. The van der Waals surface area contributed by atoms with Crippen LogP contribution in [0.15, 0.2) is 0 Å². The number of nitrogens with two attached hydrogens (primary N) is 1. The molecule has 4 atom stereocenters. The van der Waals surface area contributed by atoms with Gasteiger partial charge in [-0.2, -0.15) is 8.42 Å². The molecule has 0 radical (unpaired) electrons. The molecule has 1 saturated carbocycles. The van der Waals surface area contributed by atoms with Crippen molar-refractivity contribution in [3.05, 3.63) is 0 Å². The van der Waals surface area contributed by atoms with Crippen molar-refractivity contribution in [2.75, 3.05) is 0 Å². The van der Waals surface area contributed by atoms with E-state index in [0.717, 1.165) is 6.42 Å². The SMILES string of the molecule is CC1CC(C)C(C(C)(C)CC(C)(C)S(=O)(=O)O)C1N. The summed E-state index contributed by atoms with van der Waals surface area (Å²) in [6, 6.07) is 0.0993. The predicted molar refractivity (Wildman–Crippen MR) is 78.4 cm³/mol. The molecule has 0 aromatic heterocycles. The van der Waals surface area contributed by atoms with Crippen LogP contribution < -0.4 is 5.73 Å². The Bertz CT molecular complexity index is 428. The maximum atomic E-state index is 11.5. The normalized spacial score (nSPS) is 33.7. The van der Waals surface area contributed by atoms with Crippen LogP contribution in [0.1, 0.15) is 54.4 Å². The van der Waals surface area contributed by atoms with Gasteiger partial charge in [0.1, 0.15) is 0 Å². The minimum Gasteiger partial charge on any atom is -0.327 e. The molecule has 4 unspecified atom stereocenters. The first-order chi connectivity index (χ1) is 8.29. The Labute approximate surface area is 117 Å². The van der Waals surface area contributed by atoms with Crippen molar-refractivity contribution in [3.63, 3.8) is 0 Å². The summed E-state index contributed by atoms with van der Waals surface area (Å²) in [5.74, 6) is 1.23. The van der Waals surface area contributed by atoms with E-state index in [1.54, 1.807) is 13.8 Å². The molecule has 114 valence electrons. The van der Waals surface area contributed by atoms with Gasteiger partial charge in [0.2, 0.25) is 0 Å². The molecule has 1 fully saturated rings. The molecule has 19 heavy (non-hydrogen) atoms. The Hall–Kier alpha value is -0.130. The van der Waals surface area contributed by atoms with Gasteiger partial charge in [0.25, 0.3) is 10.1 Å². The molecular weight excluding hydrogens is 262 g/mol. The van der Waals surface area contributed by atoms with E-state index in [1.807, 2.05) is 0 Å². The molecule has 4 nitrogen and oxygen atoms in total. The summed E-state index contributed by atoms with van der Waals surface area (Å²) in [4.78, 5) is 0. The van der Waals surface area contributed by atoms with E-state index in [0.29, 0.717) is 18.3 Å². The van der Waals surface area contributed by atoms with Crippen molar-refractivity contribution in [2.24, 2.45) is 28.9 Å². The zero-order chi connectivity index (χ0) is 15.2. The molecule has 1 aliphatic carbocycles. The first kappa shape index (κ1) is 16.9. The average molecular weight is 291 g/mol. The molecular formula is C14H29NO3S. The number of hydrogen-bond donors (Lipinski definition) is 2. The van der Waals surface area contributed by atoms with Crippen LogP contribution in [0, 0.1) is 23.2 Å². The van der Waals surface area contributed by atoms with E-state index in [-0.39, 0.29) is 17.4 Å². The lowest BCUT2D eigenvalue weighted by atomic mass is 9.68. The second kappa shape index (κ2) is 5.01. The van der Waals surface area contributed by atoms with E-state index in [9.17, 15) is 13.0 Å². The fourth-order valence-electron chi connectivity index (χ4n) is 4.22. The Morgan fingerprint density at radius 1 is 1.16 bits per heavy atom. The molecule has 0 spiro atoms. The monoisotopic (exact) mass is 291 g/mol. The second-order valence-corrected chi connectivity index (χ2v) is 9.75.